The van der Waals surface area contributed by atoms with Crippen molar-refractivity contribution in [1.82, 2.24) is 19.1 Å². The van der Waals surface area contributed by atoms with Crippen LogP contribution in [0, 0.1) is 0 Å². The van der Waals surface area contributed by atoms with Crippen LogP contribution in [-0.2, 0) is 11.8 Å². The highest BCUT2D eigenvalue weighted by atomic mass is 32.2. The molecular formula is C14H18N4O6S. The summed E-state index contributed by atoms with van der Waals surface area (Å²) in [6.07, 6.45) is -1.19. The van der Waals surface area contributed by atoms with Crippen LogP contribution < -0.4 is 11.1 Å². The summed E-state index contributed by atoms with van der Waals surface area (Å²) < 4.78 is 7.77. The van der Waals surface area contributed by atoms with Crippen LogP contribution in [0.3, 0.4) is 0 Å². The Morgan fingerprint density at radius 1 is 1.44 bits per heavy atom. The Bertz CT molecular complexity index is 939. The molecule has 3 N–H and O–H groups in total. The highest BCUT2D eigenvalue weighted by Crippen LogP contribution is 2.38. The van der Waals surface area contributed by atoms with Crippen molar-refractivity contribution in [2.45, 2.75) is 36.1 Å². The minimum atomic E-state index is -1.88. The summed E-state index contributed by atoms with van der Waals surface area (Å²) in [5.41, 5.74) is -3.12. The first-order valence-corrected chi connectivity index (χ1v) is 8.65. The van der Waals surface area contributed by atoms with Gasteiger partial charge >= 0.3 is 0 Å². The SMILES string of the molecule is CSc1nc2c(ncc(=O)n2[C@@H]2O[C@H](CO)[C@@H](O)[C@@]2(C)O)c(=O)n1C. The number of aromatic nitrogens is 4. The smallest absolute Gasteiger partial charge is 0.282 e. The van der Waals surface area contributed by atoms with Gasteiger partial charge < -0.3 is 20.1 Å². The third-order valence-corrected chi connectivity index (χ3v) is 5.06. The van der Waals surface area contributed by atoms with Gasteiger partial charge in [0.2, 0.25) is 0 Å². The highest BCUT2D eigenvalue weighted by Gasteiger charge is 2.53. The molecule has 0 bridgehead atoms. The molecule has 0 aromatic carbocycles. The van der Waals surface area contributed by atoms with Gasteiger partial charge in [-0.25, -0.2) is 9.97 Å². The molecule has 3 rings (SSSR count). The maximum absolute atomic E-state index is 12.5. The van der Waals surface area contributed by atoms with Gasteiger partial charge in [0.1, 0.15) is 17.8 Å². The second kappa shape index (κ2) is 6.18. The fourth-order valence-electron chi connectivity index (χ4n) is 2.90. The van der Waals surface area contributed by atoms with Gasteiger partial charge in [0, 0.05) is 7.05 Å². The molecule has 2 aromatic rings. The number of ether oxygens (including phenoxy) is 1. The third-order valence-electron chi connectivity index (χ3n) is 4.33. The Kier molecular flexibility index (Phi) is 4.45. The van der Waals surface area contributed by atoms with Gasteiger partial charge in [-0.1, -0.05) is 11.8 Å². The van der Waals surface area contributed by atoms with E-state index in [-0.39, 0.29) is 11.2 Å². The van der Waals surface area contributed by atoms with E-state index in [2.05, 4.69) is 9.97 Å². The average Bonchev–Trinajstić information content (AvgIpc) is 2.80. The highest BCUT2D eigenvalue weighted by molar-refractivity contribution is 7.98. The van der Waals surface area contributed by atoms with Crippen molar-refractivity contribution in [2.75, 3.05) is 12.9 Å². The first-order valence-electron chi connectivity index (χ1n) is 7.43. The van der Waals surface area contributed by atoms with Crippen LogP contribution in [0.4, 0.5) is 0 Å². The molecule has 0 amide bonds. The standard InChI is InChI=1S/C14H18N4O6S/c1-14(23)9(21)6(5-19)24-12(14)18-7(20)4-15-8-10(18)16-13(25-3)17(2)11(8)22/h4,6,9,12,19,21,23H,5H2,1-3H3/t6-,9-,12-,14-/m1/s1. The van der Waals surface area contributed by atoms with E-state index < -0.39 is 41.8 Å². The molecule has 136 valence electrons. The van der Waals surface area contributed by atoms with Crippen LogP contribution in [0.1, 0.15) is 13.2 Å². The summed E-state index contributed by atoms with van der Waals surface area (Å²) in [6.45, 7) is 0.740. The fourth-order valence-corrected chi connectivity index (χ4v) is 3.44. The Morgan fingerprint density at radius 2 is 2.12 bits per heavy atom. The van der Waals surface area contributed by atoms with Gasteiger partial charge in [-0.2, -0.15) is 0 Å². The van der Waals surface area contributed by atoms with Crippen LogP contribution in [0.2, 0.25) is 0 Å². The van der Waals surface area contributed by atoms with Crippen molar-refractivity contribution in [3.63, 3.8) is 0 Å². The third kappa shape index (κ3) is 2.59. The molecule has 0 spiro atoms. The summed E-state index contributed by atoms with van der Waals surface area (Å²) >= 11 is 1.20. The van der Waals surface area contributed by atoms with E-state index in [9.17, 15) is 24.9 Å². The van der Waals surface area contributed by atoms with Gasteiger partial charge in [-0.3, -0.25) is 18.7 Å². The number of hydrogen-bond donors (Lipinski definition) is 3. The summed E-state index contributed by atoms with van der Waals surface area (Å²) in [5, 5.41) is 30.4. The molecule has 1 aliphatic rings. The first kappa shape index (κ1) is 18.0. The molecular weight excluding hydrogens is 352 g/mol. The van der Waals surface area contributed by atoms with Crippen molar-refractivity contribution in [3.8, 4) is 0 Å². The van der Waals surface area contributed by atoms with E-state index in [0.29, 0.717) is 5.16 Å². The number of aliphatic hydroxyl groups excluding tert-OH is 2. The topological polar surface area (TPSA) is 140 Å². The molecule has 0 unspecified atom stereocenters. The van der Waals surface area contributed by atoms with Crippen LogP contribution in [0.15, 0.2) is 20.9 Å². The molecule has 4 atom stereocenters. The molecule has 1 saturated heterocycles. The number of fused-ring (bicyclic) bond motifs is 1. The lowest BCUT2D eigenvalue weighted by Gasteiger charge is -2.28. The van der Waals surface area contributed by atoms with E-state index in [1.54, 1.807) is 6.26 Å². The molecule has 25 heavy (non-hydrogen) atoms. The maximum atomic E-state index is 12.5. The van der Waals surface area contributed by atoms with Crippen molar-refractivity contribution >= 4 is 22.9 Å². The predicted molar refractivity (Wildman–Crippen MR) is 88.4 cm³/mol. The second-order valence-corrected chi connectivity index (χ2v) is 6.75. The zero-order valence-corrected chi connectivity index (χ0v) is 14.6. The molecule has 0 saturated carbocycles. The lowest BCUT2D eigenvalue weighted by atomic mass is 9.96. The van der Waals surface area contributed by atoms with Gasteiger partial charge in [-0.15, -0.1) is 0 Å². The monoisotopic (exact) mass is 370 g/mol. The molecule has 0 radical (unpaired) electrons. The molecule has 0 aliphatic carbocycles. The Morgan fingerprint density at radius 3 is 2.68 bits per heavy atom. The largest absolute Gasteiger partial charge is 0.394 e. The van der Waals surface area contributed by atoms with Crippen molar-refractivity contribution in [2.24, 2.45) is 7.05 Å². The van der Waals surface area contributed by atoms with Crippen LogP contribution >= 0.6 is 11.8 Å². The summed E-state index contributed by atoms with van der Waals surface area (Å²) in [7, 11) is 1.53. The number of hydrogen-bond acceptors (Lipinski definition) is 9. The molecule has 3 heterocycles. The molecule has 2 aromatic heterocycles. The molecule has 11 heteroatoms. The lowest BCUT2D eigenvalue weighted by Crippen LogP contribution is -2.46. The van der Waals surface area contributed by atoms with E-state index in [1.807, 2.05) is 0 Å². The number of rotatable bonds is 3. The van der Waals surface area contributed by atoms with Crippen LogP contribution in [0.5, 0.6) is 0 Å². The van der Waals surface area contributed by atoms with E-state index >= 15 is 0 Å². The first-order chi connectivity index (χ1) is 11.7. The van der Waals surface area contributed by atoms with Gasteiger partial charge in [0.25, 0.3) is 11.1 Å². The summed E-state index contributed by atoms with van der Waals surface area (Å²) in [4.78, 5) is 33.0. The zero-order valence-electron chi connectivity index (χ0n) is 13.8. The number of nitrogens with zero attached hydrogens (tertiary/aromatic N) is 4. The van der Waals surface area contributed by atoms with E-state index in [0.717, 1.165) is 10.8 Å². The molecule has 10 nitrogen and oxygen atoms in total. The lowest BCUT2D eigenvalue weighted by molar-refractivity contribution is -0.0964. The normalized spacial score (nSPS) is 29.4. The second-order valence-electron chi connectivity index (χ2n) is 5.98. The van der Waals surface area contributed by atoms with Crippen molar-refractivity contribution in [3.05, 3.63) is 26.9 Å². The minimum absolute atomic E-state index is 0.0592. The van der Waals surface area contributed by atoms with Gasteiger partial charge in [-0.05, 0) is 13.2 Å². The van der Waals surface area contributed by atoms with Crippen molar-refractivity contribution < 1.29 is 20.1 Å². The number of aliphatic hydroxyl groups is 3. The average molecular weight is 370 g/mol. The van der Waals surface area contributed by atoms with Gasteiger partial charge in [0.15, 0.2) is 22.5 Å². The van der Waals surface area contributed by atoms with Crippen LogP contribution in [0.25, 0.3) is 11.2 Å². The minimum Gasteiger partial charge on any atom is -0.394 e. The van der Waals surface area contributed by atoms with E-state index in [1.165, 1.54) is 30.3 Å². The molecule has 1 aliphatic heterocycles. The fraction of sp³-hybridized carbons (Fsp3) is 0.571. The molecule has 1 fully saturated rings. The number of thioether (sulfide) groups is 1. The summed E-state index contributed by atoms with van der Waals surface area (Å²) in [5.74, 6) is 0. The predicted octanol–water partition coefficient (Wildman–Crippen LogP) is -1.79. The Hall–Kier alpha value is -1.79. The Labute approximate surface area is 145 Å². The Balaban J connectivity index is 2.33. The zero-order chi connectivity index (χ0) is 18.5. The van der Waals surface area contributed by atoms with Gasteiger partial charge in [0.05, 0.1) is 12.8 Å². The maximum Gasteiger partial charge on any atom is 0.282 e. The quantitative estimate of drug-likeness (QED) is 0.422. The summed E-state index contributed by atoms with van der Waals surface area (Å²) in [6, 6.07) is 0. The van der Waals surface area contributed by atoms with Crippen molar-refractivity contribution in [1.29, 1.82) is 0 Å². The van der Waals surface area contributed by atoms with Crippen LogP contribution in [-0.4, -0.2) is 65.1 Å². The van der Waals surface area contributed by atoms with E-state index in [4.69, 9.17) is 4.74 Å².